The highest BCUT2D eigenvalue weighted by Crippen LogP contribution is 2.43. The van der Waals surface area contributed by atoms with Crippen LogP contribution in [0.15, 0.2) is 36.5 Å². The molecule has 0 atom stereocenters. The Morgan fingerprint density at radius 1 is 0.957 bits per heavy atom. The smallest absolute Gasteiger partial charge is 0.271 e. The number of piperidine rings is 2. The predicted molar refractivity (Wildman–Crippen MR) is 186 cm³/mol. The Kier molecular flexibility index (Phi) is 9.04. The number of hydrogen-bond donors (Lipinski definition) is 3. The molecule has 11 nitrogen and oxygen atoms in total. The molecule has 47 heavy (non-hydrogen) atoms. The van der Waals surface area contributed by atoms with Crippen LogP contribution in [0.3, 0.4) is 0 Å². The van der Waals surface area contributed by atoms with E-state index < -0.39 is 5.91 Å². The molecule has 3 aromatic rings. The van der Waals surface area contributed by atoms with Gasteiger partial charge in [0.1, 0.15) is 5.69 Å². The van der Waals surface area contributed by atoms with E-state index >= 15 is 0 Å². The van der Waals surface area contributed by atoms with Crippen LogP contribution >= 0.6 is 0 Å². The monoisotopic (exact) mass is 639 g/mol. The Morgan fingerprint density at radius 3 is 2.38 bits per heavy atom. The lowest BCUT2D eigenvalue weighted by Gasteiger charge is -2.57. The van der Waals surface area contributed by atoms with Crippen molar-refractivity contribution >= 4 is 28.9 Å². The fraction of sp³-hybridized carbons (Fsp3) is 0.556. The van der Waals surface area contributed by atoms with Gasteiger partial charge in [-0.2, -0.15) is 0 Å². The van der Waals surface area contributed by atoms with Crippen molar-refractivity contribution in [3.63, 3.8) is 0 Å². The van der Waals surface area contributed by atoms with Gasteiger partial charge in [-0.15, -0.1) is 0 Å². The summed E-state index contributed by atoms with van der Waals surface area (Å²) in [5.74, 6) is 0.312. The molecule has 0 unspecified atom stereocenters. The average Bonchev–Trinajstić information content (AvgIpc) is 3.05. The highest BCUT2D eigenvalue weighted by molar-refractivity contribution is 5.97. The number of nitrogens with two attached hydrogens (primary N) is 1. The lowest BCUT2D eigenvalue weighted by molar-refractivity contribution is -0.0704. The number of nitrogens with one attached hydrogen (secondary N) is 2. The first-order valence-corrected chi connectivity index (χ1v) is 17.3. The number of hydrogen-bond acceptors (Lipinski definition) is 10. The number of carbonyl (C=O) groups excluding carboxylic acids is 1. The molecular formula is C36H49N9O2. The van der Waals surface area contributed by atoms with Crippen molar-refractivity contribution in [2.75, 3.05) is 75.1 Å². The third-order valence-electron chi connectivity index (χ3n) is 10.8. The summed E-state index contributed by atoms with van der Waals surface area (Å²) in [5, 5.41) is 6.96. The van der Waals surface area contributed by atoms with Gasteiger partial charge >= 0.3 is 0 Å². The molecule has 11 heteroatoms. The van der Waals surface area contributed by atoms with Gasteiger partial charge in [0.25, 0.3) is 5.91 Å². The lowest BCUT2D eigenvalue weighted by Crippen LogP contribution is -2.63. The Bertz CT molecular complexity index is 1580. The third kappa shape index (κ3) is 6.93. The van der Waals surface area contributed by atoms with Crippen LogP contribution in [-0.2, 0) is 4.74 Å². The van der Waals surface area contributed by atoms with E-state index in [0.29, 0.717) is 42.0 Å². The molecule has 4 saturated heterocycles. The molecule has 0 saturated carbocycles. The number of anilines is 4. The summed E-state index contributed by atoms with van der Waals surface area (Å²) in [6.07, 6.45) is 8.60. The maximum Gasteiger partial charge on any atom is 0.271 e. The number of rotatable bonds is 8. The van der Waals surface area contributed by atoms with Crippen LogP contribution in [0.2, 0.25) is 0 Å². The number of nitrogens with zero attached hydrogens (tertiary/aromatic N) is 6. The molecular weight excluding hydrogens is 590 g/mol. The molecule has 7 rings (SSSR count). The van der Waals surface area contributed by atoms with Gasteiger partial charge in [0, 0.05) is 80.3 Å². The Hall–Kier alpha value is -3.80. The van der Waals surface area contributed by atoms with Crippen LogP contribution in [0, 0.1) is 19.3 Å². The zero-order valence-corrected chi connectivity index (χ0v) is 28.1. The van der Waals surface area contributed by atoms with E-state index in [4.69, 9.17) is 20.4 Å². The van der Waals surface area contributed by atoms with E-state index in [0.717, 1.165) is 42.9 Å². The molecule has 0 bridgehead atoms. The number of aromatic nitrogens is 3. The first-order chi connectivity index (χ1) is 22.7. The van der Waals surface area contributed by atoms with Crippen molar-refractivity contribution in [3.05, 3.63) is 53.5 Å². The first-order valence-electron chi connectivity index (χ1n) is 17.3. The molecule has 1 spiro atoms. The molecule has 0 aliphatic carbocycles. The molecule has 250 valence electrons. The fourth-order valence-corrected chi connectivity index (χ4v) is 7.90. The minimum Gasteiger partial charge on any atom is -0.381 e. The van der Waals surface area contributed by atoms with Gasteiger partial charge in [-0.05, 0) is 114 Å². The van der Waals surface area contributed by atoms with Crippen molar-refractivity contribution in [1.82, 2.24) is 24.8 Å². The minimum atomic E-state index is -0.634. The SMILES string of the molecule is Cc1cc(-c2nc(C(N)=O)c(Nc3ccc(N4CCC(N5CC6(CCN(C)CC6)C5)CC4)c(C)c3)nc2NC2CCOCC2)ccn1. The van der Waals surface area contributed by atoms with E-state index in [1.165, 1.54) is 63.1 Å². The number of carbonyl (C=O) groups is 1. The normalized spacial score (nSPS) is 21.0. The summed E-state index contributed by atoms with van der Waals surface area (Å²) in [7, 11) is 2.25. The van der Waals surface area contributed by atoms with E-state index in [9.17, 15) is 4.79 Å². The molecule has 2 aromatic heterocycles. The third-order valence-corrected chi connectivity index (χ3v) is 10.8. The largest absolute Gasteiger partial charge is 0.381 e. The van der Waals surface area contributed by atoms with E-state index in [1.807, 2.05) is 19.1 Å². The highest BCUT2D eigenvalue weighted by Gasteiger charge is 2.46. The Labute approximate surface area is 278 Å². The molecule has 0 radical (unpaired) electrons. The van der Waals surface area contributed by atoms with Crippen LogP contribution in [0.1, 0.15) is 60.3 Å². The van der Waals surface area contributed by atoms with E-state index in [1.54, 1.807) is 6.20 Å². The number of aryl methyl sites for hydroxylation is 2. The Balaban J connectivity index is 1.06. The van der Waals surface area contributed by atoms with Gasteiger partial charge in [0.2, 0.25) is 0 Å². The predicted octanol–water partition coefficient (Wildman–Crippen LogP) is 4.59. The second-order valence-corrected chi connectivity index (χ2v) is 14.3. The summed E-state index contributed by atoms with van der Waals surface area (Å²) in [4.78, 5) is 34.5. The molecule has 4 fully saturated rings. The average molecular weight is 640 g/mol. The number of amides is 1. The Morgan fingerprint density at radius 2 is 1.70 bits per heavy atom. The number of benzene rings is 1. The molecule has 4 aliphatic rings. The zero-order valence-electron chi connectivity index (χ0n) is 28.1. The summed E-state index contributed by atoms with van der Waals surface area (Å²) in [5.41, 5.74) is 12.1. The van der Waals surface area contributed by atoms with Crippen LogP contribution in [-0.4, -0.2) is 102 Å². The molecule has 4 N–H and O–H groups in total. The van der Waals surface area contributed by atoms with Gasteiger partial charge in [-0.3, -0.25) is 14.7 Å². The summed E-state index contributed by atoms with van der Waals surface area (Å²) >= 11 is 0. The van der Waals surface area contributed by atoms with Crippen molar-refractivity contribution in [3.8, 4) is 11.3 Å². The lowest BCUT2D eigenvalue weighted by atomic mass is 9.71. The maximum absolute atomic E-state index is 12.7. The second-order valence-electron chi connectivity index (χ2n) is 14.3. The summed E-state index contributed by atoms with van der Waals surface area (Å²) in [6.45, 7) is 12.7. The van der Waals surface area contributed by atoms with Gasteiger partial charge in [-0.25, -0.2) is 9.97 Å². The summed E-state index contributed by atoms with van der Waals surface area (Å²) < 4.78 is 5.57. The van der Waals surface area contributed by atoms with E-state index in [2.05, 4.69) is 62.5 Å². The summed E-state index contributed by atoms with van der Waals surface area (Å²) in [6, 6.07) is 11.1. The maximum atomic E-state index is 12.7. The van der Waals surface area contributed by atoms with Crippen LogP contribution in [0.25, 0.3) is 11.3 Å². The molecule has 6 heterocycles. The standard InChI is InChI=1S/C36H49N9O2/c1-24-20-28(4-5-30(24)44-14-7-29(8-15-44)45-22-36(23-45)11-16-43(3)17-12-36)40-35-32(33(37)46)41-31(26-6-13-38-25(2)21-26)34(42-35)39-27-9-18-47-19-10-27/h4-6,13,20-21,27,29H,7-12,14-19,22-23H2,1-3H3,(H2,37,46)(H2,39,40,42). The number of primary amides is 1. The first kappa shape index (κ1) is 31.8. The topological polar surface area (TPSA) is 125 Å². The molecule has 4 aliphatic heterocycles. The van der Waals surface area contributed by atoms with Crippen molar-refractivity contribution in [2.24, 2.45) is 11.1 Å². The number of ether oxygens (including phenoxy) is 1. The van der Waals surface area contributed by atoms with Gasteiger partial charge in [0.15, 0.2) is 17.3 Å². The van der Waals surface area contributed by atoms with Crippen LogP contribution in [0.4, 0.5) is 23.0 Å². The second kappa shape index (κ2) is 13.4. The van der Waals surface area contributed by atoms with Crippen LogP contribution < -0.4 is 21.3 Å². The number of pyridine rings is 1. The van der Waals surface area contributed by atoms with Crippen molar-refractivity contribution in [1.29, 1.82) is 0 Å². The van der Waals surface area contributed by atoms with E-state index in [-0.39, 0.29) is 11.7 Å². The van der Waals surface area contributed by atoms with Crippen LogP contribution in [0.5, 0.6) is 0 Å². The zero-order chi connectivity index (χ0) is 32.5. The molecule has 1 aromatic carbocycles. The quantitative estimate of drug-likeness (QED) is 0.323. The molecule has 1 amide bonds. The van der Waals surface area contributed by atoms with Gasteiger partial charge < -0.3 is 30.9 Å². The fourth-order valence-electron chi connectivity index (χ4n) is 7.90. The minimum absolute atomic E-state index is 0.101. The number of likely N-dealkylation sites (tertiary alicyclic amines) is 2. The highest BCUT2D eigenvalue weighted by atomic mass is 16.5. The van der Waals surface area contributed by atoms with Crippen molar-refractivity contribution in [2.45, 2.75) is 64.5 Å². The van der Waals surface area contributed by atoms with Gasteiger partial charge in [-0.1, -0.05) is 0 Å². The van der Waals surface area contributed by atoms with Crippen molar-refractivity contribution < 1.29 is 9.53 Å². The van der Waals surface area contributed by atoms with Gasteiger partial charge in [0.05, 0.1) is 0 Å².